The van der Waals surface area contributed by atoms with E-state index < -0.39 is 6.04 Å². The number of nitrogens with zero attached hydrogens (tertiary/aromatic N) is 2. The summed E-state index contributed by atoms with van der Waals surface area (Å²) in [6.45, 7) is 3.30. The third-order valence-corrected chi connectivity index (χ3v) is 6.60. The van der Waals surface area contributed by atoms with E-state index in [1.54, 1.807) is 12.0 Å². The van der Waals surface area contributed by atoms with Gasteiger partial charge in [-0.25, -0.2) is 0 Å². The van der Waals surface area contributed by atoms with Crippen LogP contribution in [0.3, 0.4) is 0 Å². The molecule has 2 atom stereocenters. The number of para-hydroxylation sites is 1. The molecule has 160 valence electrons. The lowest BCUT2D eigenvalue weighted by Crippen LogP contribution is -2.63. The fourth-order valence-electron chi connectivity index (χ4n) is 5.13. The average Bonchev–Trinajstić information content (AvgIpc) is 3.15. The van der Waals surface area contributed by atoms with Crippen molar-refractivity contribution in [3.8, 4) is 0 Å². The molecule has 2 amide bonds. The molecule has 6 nitrogen and oxygen atoms in total. The summed E-state index contributed by atoms with van der Waals surface area (Å²) in [5, 5.41) is 1.13. The van der Waals surface area contributed by atoms with Crippen LogP contribution in [0, 0.1) is 6.92 Å². The quantitative estimate of drug-likeness (QED) is 0.649. The first kappa shape index (κ1) is 19.8. The largest absolute Gasteiger partial charge is 0.385 e. The van der Waals surface area contributed by atoms with Crippen molar-refractivity contribution in [1.29, 1.82) is 0 Å². The SMILES string of the molecule is COCCCN1CC(=O)N2C(Cc3c([nH]c4ccccc34)C2c2ccccc2C)C1=O. The number of aromatic amines is 1. The van der Waals surface area contributed by atoms with Gasteiger partial charge in [0, 0.05) is 43.3 Å². The van der Waals surface area contributed by atoms with Crippen molar-refractivity contribution in [3.05, 3.63) is 70.9 Å². The van der Waals surface area contributed by atoms with Crippen LogP contribution in [0.1, 0.15) is 34.8 Å². The molecule has 2 aromatic carbocycles. The predicted octanol–water partition coefficient (Wildman–Crippen LogP) is 3.20. The number of ether oxygens (including phenoxy) is 1. The second-order valence-electron chi connectivity index (χ2n) is 8.45. The second-order valence-corrected chi connectivity index (χ2v) is 8.45. The molecule has 0 radical (unpaired) electrons. The van der Waals surface area contributed by atoms with Gasteiger partial charge in [0.05, 0.1) is 12.6 Å². The Kier molecular flexibility index (Phi) is 5.02. The fraction of sp³-hybridized carbons (Fsp3) is 0.360. The van der Waals surface area contributed by atoms with Crippen LogP contribution in [0.5, 0.6) is 0 Å². The molecule has 2 unspecified atom stereocenters. The van der Waals surface area contributed by atoms with Crippen LogP contribution < -0.4 is 0 Å². The third kappa shape index (κ3) is 3.22. The summed E-state index contributed by atoms with van der Waals surface area (Å²) in [4.78, 5) is 34.0. The minimum atomic E-state index is -0.486. The second kappa shape index (κ2) is 7.85. The smallest absolute Gasteiger partial charge is 0.246 e. The molecule has 0 spiro atoms. The zero-order valence-electron chi connectivity index (χ0n) is 17.9. The van der Waals surface area contributed by atoms with Crippen molar-refractivity contribution < 1.29 is 14.3 Å². The maximum Gasteiger partial charge on any atom is 0.246 e. The van der Waals surface area contributed by atoms with Gasteiger partial charge in [-0.05, 0) is 36.1 Å². The molecule has 0 aliphatic carbocycles. The summed E-state index contributed by atoms with van der Waals surface area (Å²) < 4.78 is 5.14. The lowest BCUT2D eigenvalue weighted by molar-refractivity contribution is -0.158. The molecule has 6 heteroatoms. The van der Waals surface area contributed by atoms with Crippen molar-refractivity contribution in [2.24, 2.45) is 0 Å². The Balaban J connectivity index is 1.63. The molecule has 0 bridgehead atoms. The molecule has 3 heterocycles. The fourth-order valence-corrected chi connectivity index (χ4v) is 5.13. The number of aryl methyl sites for hydroxylation is 1. The van der Waals surface area contributed by atoms with Gasteiger partial charge >= 0.3 is 0 Å². The van der Waals surface area contributed by atoms with E-state index in [1.807, 2.05) is 29.2 Å². The van der Waals surface area contributed by atoms with Gasteiger partial charge in [0.2, 0.25) is 11.8 Å². The van der Waals surface area contributed by atoms with E-state index in [0.29, 0.717) is 19.6 Å². The van der Waals surface area contributed by atoms with Gasteiger partial charge in [0.1, 0.15) is 6.04 Å². The maximum atomic E-state index is 13.5. The number of amides is 2. The van der Waals surface area contributed by atoms with Gasteiger partial charge in [-0.1, -0.05) is 42.5 Å². The van der Waals surface area contributed by atoms with E-state index in [2.05, 4.69) is 36.2 Å². The van der Waals surface area contributed by atoms with Crippen LogP contribution in [0.15, 0.2) is 48.5 Å². The maximum absolute atomic E-state index is 13.5. The molecule has 31 heavy (non-hydrogen) atoms. The summed E-state index contributed by atoms with van der Waals surface area (Å²) >= 11 is 0. The van der Waals surface area contributed by atoms with E-state index in [0.717, 1.165) is 39.7 Å². The molecule has 1 saturated heterocycles. The number of benzene rings is 2. The number of carbonyl (C=O) groups is 2. The molecule has 2 aliphatic rings. The Bertz CT molecular complexity index is 1150. The molecule has 2 aliphatic heterocycles. The number of hydrogen-bond donors (Lipinski definition) is 1. The summed E-state index contributed by atoms with van der Waals surface area (Å²) in [6, 6.07) is 15.6. The monoisotopic (exact) mass is 417 g/mol. The highest BCUT2D eigenvalue weighted by Crippen LogP contribution is 2.43. The van der Waals surface area contributed by atoms with Gasteiger partial charge < -0.3 is 19.5 Å². The van der Waals surface area contributed by atoms with Crippen molar-refractivity contribution in [2.45, 2.75) is 31.8 Å². The van der Waals surface area contributed by atoms with Crippen molar-refractivity contribution in [2.75, 3.05) is 26.8 Å². The van der Waals surface area contributed by atoms with Crippen LogP contribution in [-0.4, -0.2) is 59.4 Å². The van der Waals surface area contributed by atoms with Gasteiger partial charge in [-0.2, -0.15) is 0 Å². The van der Waals surface area contributed by atoms with E-state index in [-0.39, 0.29) is 24.4 Å². The lowest BCUT2D eigenvalue weighted by atomic mass is 9.85. The molecule has 5 rings (SSSR count). The highest BCUT2D eigenvalue weighted by Gasteiger charge is 2.48. The summed E-state index contributed by atoms with van der Waals surface area (Å²) in [5.74, 6) is 0.0322. The van der Waals surface area contributed by atoms with Crippen LogP contribution in [0.4, 0.5) is 0 Å². The molecule has 1 fully saturated rings. The molecular formula is C25H27N3O3. The molecule has 3 aromatic rings. The number of nitrogens with one attached hydrogen (secondary N) is 1. The average molecular weight is 418 g/mol. The van der Waals surface area contributed by atoms with E-state index in [9.17, 15) is 9.59 Å². The van der Waals surface area contributed by atoms with Crippen LogP contribution in [0.2, 0.25) is 0 Å². The molecule has 0 saturated carbocycles. The van der Waals surface area contributed by atoms with Gasteiger partial charge in [0.25, 0.3) is 0 Å². The standard InChI is InChI=1S/C25H27N3O3/c1-16-8-3-4-9-17(16)24-23-19(18-10-5-6-11-20(18)26-23)14-21-25(30)27(12-7-13-31-2)15-22(29)28(21)24/h3-6,8-11,21,24,26H,7,12-15H2,1-2H3. The zero-order valence-corrected chi connectivity index (χ0v) is 17.9. The van der Waals surface area contributed by atoms with Crippen LogP contribution in [-0.2, 0) is 20.7 Å². The van der Waals surface area contributed by atoms with E-state index >= 15 is 0 Å². The highest BCUT2D eigenvalue weighted by molar-refractivity contribution is 5.97. The number of piperazine rings is 1. The number of hydrogen-bond acceptors (Lipinski definition) is 3. The number of rotatable bonds is 5. The topological polar surface area (TPSA) is 65.6 Å². The van der Waals surface area contributed by atoms with Crippen molar-refractivity contribution in [1.82, 2.24) is 14.8 Å². The van der Waals surface area contributed by atoms with Crippen LogP contribution >= 0.6 is 0 Å². The Morgan fingerprint density at radius 3 is 2.68 bits per heavy atom. The summed E-state index contributed by atoms with van der Waals surface area (Å²) in [6.07, 6.45) is 1.26. The van der Waals surface area contributed by atoms with E-state index in [4.69, 9.17) is 4.74 Å². The normalized spacial score (nSPS) is 20.8. The van der Waals surface area contributed by atoms with Crippen LogP contribution in [0.25, 0.3) is 10.9 Å². The molecule has 1 N–H and O–H groups in total. The first-order valence-electron chi connectivity index (χ1n) is 10.8. The Morgan fingerprint density at radius 2 is 1.87 bits per heavy atom. The van der Waals surface area contributed by atoms with E-state index in [1.165, 1.54) is 0 Å². The number of methoxy groups -OCH3 is 1. The number of H-pyrrole nitrogens is 1. The summed E-state index contributed by atoms with van der Waals surface area (Å²) in [5.41, 5.74) is 5.39. The Morgan fingerprint density at radius 1 is 1.10 bits per heavy atom. The highest BCUT2D eigenvalue weighted by atomic mass is 16.5. The van der Waals surface area contributed by atoms with Gasteiger partial charge in [-0.3, -0.25) is 9.59 Å². The number of fused-ring (bicyclic) bond motifs is 4. The minimum absolute atomic E-state index is 0.000393. The Hall–Kier alpha value is -3.12. The third-order valence-electron chi connectivity index (χ3n) is 6.60. The summed E-state index contributed by atoms with van der Waals surface area (Å²) in [7, 11) is 1.65. The minimum Gasteiger partial charge on any atom is -0.385 e. The number of aromatic nitrogens is 1. The van der Waals surface area contributed by atoms with Crippen molar-refractivity contribution in [3.63, 3.8) is 0 Å². The molecule has 1 aromatic heterocycles. The molecular weight excluding hydrogens is 390 g/mol. The Labute approximate surface area is 181 Å². The lowest BCUT2D eigenvalue weighted by Gasteiger charge is -2.47. The first-order valence-corrected chi connectivity index (χ1v) is 10.8. The number of carbonyl (C=O) groups excluding carboxylic acids is 2. The van der Waals surface area contributed by atoms with Gasteiger partial charge in [0.15, 0.2) is 0 Å². The zero-order chi connectivity index (χ0) is 21.5. The van der Waals surface area contributed by atoms with Gasteiger partial charge in [-0.15, -0.1) is 0 Å². The van der Waals surface area contributed by atoms with Crippen molar-refractivity contribution >= 4 is 22.7 Å². The predicted molar refractivity (Wildman–Crippen MR) is 119 cm³/mol. The first-order chi connectivity index (χ1) is 15.1.